The predicted octanol–water partition coefficient (Wildman–Crippen LogP) is 1.80. The first-order valence-corrected chi connectivity index (χ1v) is 6.33. The summed E-state index contributed by atoms with van der Waals surface area (Å²) in [7, 11) is 1.94. The van der Waals surface area contributed by atoms with Gasteiger partial charge >= 0.3 is 0 Å². The van der Waals surface area contributed by atoms with Crippen LogP contribution in [0.2, 0.25) is 0 Å². The van der Waals surface area contributed by atoms with Crippen molar-refractivity contribution in [2.45, 2.75) is 20.4 Å². The third kappa shape index (κ3) is 4.58. The highest BCUT2D eigenvalue weighted by atomic mass is 19.1. The number of hydrogen-bond donors (Lipinski definition) is 1. The molecule has 0 aliphatic rings. The van der Waals surface area contributed by atoms with E-state index in [-0.39, 0.29) is 5.82 Å². The van der Waals surface area contributed by atoms with Gasteiger partial charge in [-0.1, -0.05) is 6.92 Å². The van der Waals surface area contributed by atoms with Gasteiger partial charge in [0.05, 0.1) is 12.8 Å². The largest absolute Gasteiger partial charge is 0.380 e. The van der Waals surface area contributed by atoms with Crippen LogP contribution in [-0.4, -0.2) is 38.3 Å². The van der Waals surface area contributed by atoms with Crippen LogP contribution in [0, 0.1) is 5.82 Å². The molecule has 0 spiro atoms. The molecule has 0 atom stereocenters. The number of nitrogens with one attached hydrogen (secondary N) is 1. The normalized spacial score (nSPS) is 10.7. The van der Waals surface area contributed by atoms with Gasteiger partial charge in [0.1, 0.15) is 11.6 Å². The molecule has 1 rings (SSSR count). The molecule has 0 unspecified atom stereocenters. The number of rotatable bonds is 8. The third-order valence-electron chi connectivity index (χ3n) is 2.61. The molecule has 0 bridgehead atoms. The van der Waals surface area contributed by atoms with Crippen LogP contribution in [0.25, 0.3) is 0 Å². The number of halogens is 1. The average Bonchev–Trinajstić information content (AvgIpc) is 2.36. The van der Waals surface area contributed by atoms with Crippen LogP contribution < -0.4 is 10.2 Å². The van der Waals surface area contributed by atoms with E-state index in [1.54, 1.807) is 0 Å². The number of nitrogens with zero attached hydrogens (tertiary/aromatic N) is 2. The monoisotopic (exact) mass is 255 g/mol. The number of likely N-dealkylation sites (N-methyl/N-ethyl adjacent to an activating group) is 1. The highest BCUT2D eigenvalue weighted by Crippen LogP contribution is 2.17. The maximum Gasteiger partial charge on any atom is 0.141 e. The fourth-order valence-electron chi connectivity index (χ4n) is 1.66. The van der Waals surface area contributed by atoms with Crippen molar-refractivity contribution in [1.82, 2.24) is 10.3 Å². The Morgan fingerprint density at radius 2 is 2.22 bits per heavy atom. The Hall–Kier alpha value is -1.20. The molecule has 1 aromatic rings. The second-order valence-electron chi connectivity index (χ2n) is 4.04. The van der Waals surface area contributed by atoms with E-state index in [9.17, 15) is 4.39 Å². The first-order chi connectivity index (χ1) is 8.69. The summed E-state index contributed by atoms with van der Waals surface area (Å²) in [6.07, 6.45) is 1.25. The SMILES string of the molecule is CCNCc1cc(F)cnc1N(C)CCOCC. The van der Waals surface area contributed by atoms with E-state index in [1.807, 2.05) is 25.8 Å². The Labute approximate surface area is 108 Å². The molecule has 1 N–H and O–H groups in total. The zero-order chi connectivity index (χ0) is 13.4. The van der Waals surface area contributed by atoms with Gasteiger partial charge in [0, 0.05) is 32.3 Å². The Morgan fingerprint density at radius 3 is 2.89 bits per heavy atom. The molecule has 0 aliphatic carbocycles. The van der Waals surface area contributed by atoms with Crippen molar-refractivity contribution in [3.63, 3.8) is 0 Å². The Bertz CT molecular complexity index is 360. The van der Waals surface area contributed by atoms with Gasteiger partial charge in [-0.15, -0.1) is 0 Å². The zero-order valence-corrected chi connectivity index (χ0v) is 11.4. The predicted molar refractivity (Wildman–Crippen MR) is 71.3 cm³/mol. The van der Waals surface area contributed by atoms with E-state index in [0.717, 1.165) is 24.5 Å². The molecule has 0 fully saturated rings. The highest BCUT2D eigenvalue weighted by Gasteiger charge is 2.10. The maximum absolute atomic E-state index is 13.2. The summed E-state index contributed by atoms with van der Waals surface area (Å²) in [4.78, 5) is 6.15. The van der Waals surface area contributed by atoms with Crippen LogP contribution in [0.4, 0.5) is 10.2 Å². The van der Waals surface area contributed by atoms with Crippen LogP contribution in [0.3, 0.4) is 0 Å². The molecule has 0 aromatic carbocycles. The topological polar surface area (TPSA) is 37.4 Å². The standard InChI is InChI=1S/C13H22FN3O/c1-4-15-9-11-8-12(14)10-16-13(11)17(3)6-7-18-5-2/h8,10,15H,4-7,9H2,1-3H3. The molecule has 0 aliphatic heterocycles. The van der Waals surface area contributed by atoms with Crippen molar-refractivity contribution >= 4 is 5.82 Å². The summed E-state index contributed by atoms with van der Waals surface area (Å²) in [6.45, 7) is 7.54. The van der Waals surface area contributed by atoms with Crippen LogP contribution in [0.5, 0.6) is 0 Å². The van der Waals surface area contributed by atoms with Crippen LogP contribution >= 0.6 is 0 Å². The summed E-state index contributed by atoms with van der Waals surface area (Å²) in [6, 6.07) is 1.53. The van der Waals surface area contributed by atoms with Gasteiger partial charge in [-0.05, 0) is 19.5 Å². The minimum Gasteiger partial charge on any atom is -0.380 e. The number of aromatic nitrogens is 1. The summed E-state index contributed by atoms with van der Waals surface area (Å²) >= 11 is 0. The van der Waals surface area contributed by atoms with Crippen molar-refractivity contribution in [3.8, 4) is 0 Å². The minimum atomic E-state index is -0.301. The first-order valence-electron chi connectivity index (χ1n) is 6.33. The van der Waals surface area contributed by atoms with Crippen molar-refractivity contribution in [2.75, 3.05) is 38.3 Å². The lowest BCUT2D eigenvalue weighted by atomic mass is 10.2. The Balaban J connectivity index is 2.72. The van der Waals surface area contributed by atoms with Crippen LogP contribution in [-0.2, 0) is 11.3 Å². The number of ether oxygens (including phenoxy) is 1. The van der Waals surface area contributed by atoms with Gasteiger partial charge < -0.3 is 15.0 Å². The van der Waals surface area contributed by atoms with Gasteiger partial charge in [-0.2, -0.15) is 0 Å². The molecule has 4 nitrogen and oxygen atoms in total. The molecule has 0 amide bonds. The lowest BCUT2D eigenvalue weighted by Gasteiger charge is -2.21. The molecule has 0 saturated carbocycles. The molecule has 102 valence electrons. The van der Waals surface area contributed by atoms with Crippen molar-refractivity contribution in [3.05, 3.63) is 23.6 Å². The van der Waals surface area contributed by atoms with E-state index < -0.39 is 0 Å². The van der Waals surface area contributed by atoms with Crippen LogP contribution in [0.15, 0.2) is 12.3 Å². The van der Waals surface area contributed by atoms with Gasteiger partial charge in [-0.3, -0.25) is 0 Å². The maximum atomic E-state index is 13.2. The van der Waals surface area contributed by atoms with E-state index in [1.165, 1.54) is 12.3 Å². The first kappa shape index (κ1) is 14.9. The molecule has 1 aromatic heterocycles. The van der Waals surface area contributed by atoms with Gasteiger partial charge in [0.2, 0.25) is 0 Å². The summed E-state index contributed by atoms with van der Waals surface area (Å²) in [5.41, 5.74) is 0.871. The number of pyridine rings is 1. The lowest BCUT2D eigenvalue weighted by Crippen LogP contribution is -2.26. The average molecular weight is 255 g/mol. The molecular formula is C13H22FN3O. The minimum absolute atomic E-state index is 0.301. The summed E-state index contributed by atoms with van der Waals surface area (Å²) in [5, 5.41) is 3.19. The summed E-state index contributed by atoms with van der Waals surface area (Å²) < 4.78 is 18.5. The quantitative estimate of drug-likeness (QED) is 0.719. The van der Waals surface area contributed by atoms with Crippen molar-refractivity contribution in [1.29, 1.82) is 0 Å². The van der Waals surface area contributed by atoms with Crippen molar-refractivity contribution < 1.29 is 9.13 Å². The van der Waals surface area contributed by atoms with E-state index in [0.29, 0.717) is 19.8 Å². The zero-order valence-electron chi connectivity index (χ0n) is 11.4. The molecule has 0 radical (unpaired) electrons. The molecule has 18 heavy (non-hydrogen) atoms. The third-order valence-corrected chi connectivity index (χ3v) is 2.61. The van der Waals surface area contributed by atoms with E-state index in [2.05, 4.69) is 10.3 Å². The van der Waals surface area contributed by atoms with Gasteiger partial charge in [-0.25, -0.2) is 9.37 Å². The van der Waals surface area contributed by atoms with E-state index in [4.69, 9.17) is 4.74 Å². The second kappa shape index (κ2) is 8.00. The molecular weight excluding hydrogens is 233 g/mol. The smallest absolute Gasteiger partial charge is 0.141 e. The van der Waals surface area contributed by atoms with Crippen molar-refractivity contribution in [2.24, 2.45) is 0 Å². The fourth-order valence-corrected chi connectivity index (χ4v) is 1.66. The fraction of sp³-hybridized carbons (Fsp3) is 0.615. The van der Waals surface area contributed by atoms with Gasteiger partial charge in [0.15, 0.2) is 0 Å². The van der Waals surface area contributed by atoms with Gasteiger partial charge in [0.25, 0.3) is 0 Å². The molecule has 1 heterocycles. The van der Waals surface area contributed by atoms with E-state index >= 15 is 0 Å². The molecule has 5 heteroatoms. The number of hydrogen-bond acceptors (Lipinski definition) is 4. The summed E-state index contributed by atoms with van der Waals surface area (Å²) in [5.74, 6) is 0.502. The van der Waals surface area contributed by atoms with Crippen LogP contribution in [0.1, 0.15) is 19.4 Å². The Kier molecular flexibility index (Phi) is 6.60. The lowest BCUT2D eigenvalue weighted by molar-refractivity contribution is 0.154. The molecule has 0 saturated heterocycles. The Morgan fingerprint density at radius 1 is 1.44 bits per heavy atom. The second-order valence-corrected chi connectivity index (χ2v) is 4.04. The number of anilines is 1. The highest BCUT2D eigenvalue weighted by molar-refractivity contribution is 5.46.